The van der Waals surface area contributed by atoms with E-state index in [0.717, 1.165) is 32.7 Å². The molecule has 2 aromatic heterocycles. The summed E-state index contributed by atoms with van der Waals surface area (Å²) in [7, 11) is 0. The van der Waals surface area contributed by atoms with Crippen LogP contribution in [0.25, 0.3) is 43.6 Å². The molecule has 0 atom stereocenters. The summed E-state index contributed by atoms with van der Waals surface area (Å²) in [5.74, 6) is -0.798. The van der Waals surface area contributed by atoms with Crippen molar-refractivity contribution in [3.8, 4) is 6.07 Å². The number of para-hydroxylation sites is 2. The lowest BCUT2D eigenvalue weighted by Crippen LogP contribution is -2.20. The van der Waals surface area contributed by atoms with Gasteiger partial charge in [-0.05, 0) is 12.1 Å². The number of H-pyrrole nitrogens is 2. The number of hydrogen-bond acceptors (Lipinski definition) is 3. The lowest BCUT2D eigenvalue weighted by molar-refractivity contribution is 0.0880. The third kappa shape index (κ3) is 1.54. The smallest absolute Gasteiger partial charge is 0.259 e. The molecule has 3 aromatic carbocycles. The quantitative estimate of drug-likeness (QED) is 0.371. The van der Waals surface area contributed by atoms with Crippen molar-refractivity contribution >= 4 is 55.4 Å². The molecule has 0 unspecified atom stereocenters. The van der Waals surface area contributed by atoms with Gasteiger partial charge in [-0.3, -0.25) is 14.9 Å². The Hall–Kier alpha value is -4.11. The molecule has 0 saturated heterocycles. The number of benzene rings is 3. The van der Waals surface area contributed by atoms with Gasteiger partial charge in [0, 0.05) is 27.1 Å². The van der Waals surface area contributed by atoms with Crippen LogP contribution in [0.2, 0.25) is 0 Å². The number of carbonyl (C=O) groups excluding carboxylic acids is 2. The van der Waals surface area contributed by atoms with Crippen LogP contribution in [0, 0.1) is 11.3 Å². The molecule has 0 aliphatic carbocycles. The molecule has 6 heteroatoms. The summed E-state index contributed by atoms with van der Waals surface area (Å²) in [4.78, 5) is 32.0. The minimum absolute atomic E-state index is 0.369. The SMILES string of the molecule is N#Cc1cccc2c1[nH]c1c3[nH]c4ccccc4c3c3c(c21)C(=O)NC3=O. The van der Waals surface area contributed by atoms with Gasteiger partial charge in [0.25, 0.3) is 11.8 Å². The first-order chi connectivity index (χ1) is 13.2. The highest BCUT2D eigenvalue weighted by atomic mass is 16.2. The third-order valence-electron chi connectivity index (χ3n) is 5.34. The number of fused-ring (bicyclic) bond motifs is 10. The number of aromatic amines is 2. The molecule has 6 rings (SSSR count). The number of nitrogens with one attached hydrogen (secondary N) is 3. The predicted molar refractivity (Wildman–Crippen MR) is 102 cm³/mol. The maximum absolute atomic E-state index is 12.7. The van der Waals surface area contributed by atoms with E-state index in [1.54, 1.807) is 12.1 Å². The molecule has 27 heavy (non-hydrogen) atoms. The molecule has 0 saturated carbocycles. The van der Waals surface area contributed by atoms with Crippen LogP contribution in [-0.4, -0.2) is 21.8 Å². The zero-order valence-corrected chi connectivity index (χ0v) is 13.8. The molecule has 3 heterocycles. The molecule has 0 bridgehead atoms. The van der Waals surface area contributed by atoms with Crippen molar-refractivity contribution in [3.05, 3.63) is 59.2 Å². The molecule has 3 N–H and O–H groups in total. The van der Waals surface area contributed by atoms with Crippen molar-refractivity contribution in [2.75, 3.05) is 0 Å². The predicted octanol–water partition coefficient (Wildman–Crippen LogP) is 3.71. The maximum atomic E-state index is 12.7. The number of amides is 2. The van der Waals surface area contributed by atoms with Crippen molar-refractivity contribution in [1.29, 1.82) is 5.26 Å². The van der Waals surface area contributed by atoms with Crippen LogP contribution in [0.15, 0.2) is 42.5 Å². The molecule has 1 aliphatic rings. The molecule has 126 valence electrons. The topological polar surface area (TPSA) is 102 Å². The Labute approximate surface area is 151 Å². The van der Waals surface area contributed by atoms with Gasteiger partial charge < -0.3 is 9.97 Å². The van der Waals surface area contributed by atoms with E-state index in [9.17, 15) is 14.9 Å². The summed E-state index contributed by atoms with van der Waals surface area (Å²) in [5.41, 5.74) is 4.28. The standard InChI is InChI=1S/C21H10N4O2/c22-8-9-4-3-6-11-14-16-15(20(26)25-21(16)27)13-10-5-1-2-7-12(10)23-18(13)19(14)24-17(9)11/h1-7,23-24H,(H,25,26,27). The van der Waals surface area contributed by atoms with Crippen molar-refractivity contribution in [2.24, 2.45) is 0 Å². The highest BCUT2D eigenvalue weighted by Crippen LogP contribution is 2.42. The normalized spacial score (nSPS) is 13.6. The van der Waals surface area contributed by atoms with Gasteiger partial charge in [0.2, 0.25) is 0 Å². The number of rotatable bonds is 0. The Bertz CT molecular complexity index is 1550. The maximum Gasteiger partial charge on any atom is 0.259 e. The summed E-state index contributed by atoms with van der Waals surface area (Å²) < 4.78 is 0. The first-order valence-electron chi connectivity index (χ1n) is 8.45. The average molecular weight is 350 g/mol. The van der Waals surface area contributed by atoms with Crippen LogP contribution in [0.4, 0.5) is 0 Å². The minimum Gasteiger partial charge on any atom is -0.353 e. The minimum atomic E-state index is -0.407. The summed E-state index contributed by atoms with van der Waals surface area (Å²) >= 11 is 0. The Morgan fingerprint density at radius 3 is 2.19 bits per heavy atom. The second-order valence-corrected chi connectivity index (χ2v) is 6.67. The van der Waals surface area contributed by atoms with Gasteiger partial charge in [-0.25, -0.2) is 0 Å². The van der Waals surface area contributed by atoms with Crippen LogP contribution >= 0.6 is 0 Å². The van der Waals surface area contributed by atoms with Crippen LogP contribution in [0.3, 0.4) is 0 Å². The van der Waals surface area contributed by atoms with Gasteiger partial charge >= 0.3 is 0 Å². The fraction of sp³-hybridized carbons (Fsp3) is 0. The first-order valence-corrected chi connectivity index (χ1v) is 8.45. The lowest BCUT2D eigenvalue weighted by atomic mass is 9.96. The summed E-state index contributed by atoms with van der Waals surface area (Å²) in [5, 5.41) is 14.9. The number of hydrogen-bond donors (Lipinski definition) is 3. The molecule has 5 aromatic rings. The molecule has 1 aliphatic heterocycles. The van der Waals surface area contributed by atoms with Gasteiger partial charge in [0.05, 0.1) is 33.2 Å². The second-order valence-electron chi connectivity index (χ2n) is 6.67. The van der Waals surface area contributed by atoms with E-state index in [-0.39, 0.29) is 0 Å². The van der Waals surface area contributed by atoms with Crippen LogP contribution in [0.5, 0.6) is 0 Å². The summed E-state index contributed by atoms with van der Waals surface area (Å²) in [6, 6.07) is 15.2. The number of carbonyl (C=O) groups is 2. The summed E-state index contributed by atoms with van der Waals surface area (Å²) in [6.45, 7) is 0. The monoisotopic (exact) mass is 350 g/mol. The third-order valence-corrected chi connectivity index (χ3v) is 5.34. The van der Waals surface area contributed by atoms with Crippen molar-refractivity contribution in [2.45, 2.75) is 0 Å². The zero-order valence-electron chi connectivity index (χ0n) is 13.8. The van der Waals surface area contributed by atoms with Crippen LogP contribution in [-0.2, 0) is 0 Å². The molecule has 0 radical (unpaired) electrons. The number of nitriles is 1. The number of imide groups is 1. The van der Waals surface area contributed by atoms with Crippen molar-refractivity contribution < 1.29 is 9.59 Å². The van der Waals surface area contributed by atoms with Gasteiger partial charge in [0.15, 0.2) is 0 Å². The molecular formula is C21H10N4O2. The fourth-order valence-corrected chi connectivity index (χ4v) is 4.28. The average Bonchev–Trinajstić information content (AvgIpc) is 3.32. The fourth-order valence-electron chi connectivity index (χ4n) is 4.28. The molecule has 2 amide bonds. The highest BCUT2D eigenvalue weighted by Gasteiger charge is 2.34. The molecule has 6 nitrogen and oxygen atoms in total. The first kappa shape index (κ1) is 14.1. The summed E-state index contributed by atoms with van der Waals surface area (Å²) in [6.07, 6.45) is 0. The van der Waals surface area contributed by atoms with Crippen molar-refractivity contribution in [1.82, 2.24) is 15.3 Å². The zero-order chi connectivity index (χ0) is 18.3. The van der Waals surface area contributed by atoms with E-state index in [1.165, 1.54) is 0 Å². The highest BCUT2D eigenvalue weighted by molar-refractivity contribution is 6.39. The van der Waals surface area contributed by atoms with Crippen LogP contribution in [0.1, 0.15) is 26.3 Å². The van der Waals surface area contributed by atoms with Gasteiger partial charge in [-0.1, -0.05) is 30.3 Å². The van der Waals surface area contributed by atoms with E-state index < -0.39 is 11.8 Å². The Balaban J connectivity index is 2.02. The van der Waals surface area contributed by atoms with Gasteiger partial charge in [0.1, 0.15) is 6.07 Å². The molecule has 0 fully saturated rings. The van der Waals surface area contributed by atoms with Crippen LogP contribution < -0.4 is 5.32 Å². The number of nitrogens with zero attached hydrogens (tertiary/aromatic N) is 1. The lowest BCUT2D eigenvalue weighted by Gasteiger charge is -2.02. The largest absolute Gasteiger partial charge is 0.353 e. The second kappa shape index (κ2) is 4.54. The van der Waals surface area contributed by atoms with Gasteiger partial charge in [-0.15, -0.1) is 0 Å². The van der Waals surface area contributed by atoms with E-state index in [2.05, 4.69) is 21.4 Å². The Morgan fingerprint density at radius 2 is 1.41 bits per heavy atom. The number of aromatic nitrogens is 2. The Kier molecular flexibility index (Phi) is 2.37. The molecular weight excluding hydrogens is 340 g/mol. The van der Waals surface area contributed by atoms with E-state index >= 15 is 0 Å². The van der Waals surface area contributed by atoms with Gasteiger partial charge in [-0.2, -0.15) is 5.26 Å². The van der Waals surface area contributed by atoms with E-state index in [1.807, 2.05) is 30.3 Å². The molecule has 0 spiro atoms. The van der Waals surface area contributed by atoms with E-state index in [0.29, 0.717) is 27.6 Å². The Morgan fingerprint density at radius 1 is 0.741 bits per heavy atom. The van der Waals surface area contributed by atoms with E-state index in [4.69, 9.17) is 0 Å². The van der Waals surface area contributed by atoms with Crippen molar-refractivity contribution in [3.63, 3.8) is 0 Å².